The van der Waals surface area contributed by atoms with Crippen molar-refractivity contribution in [2.75, 3.05) is 0 Å². The molecule has 0 bridgehead atoms. The summed E-state index contributed by atoms with van der Waals surface area (Å²) in [5.41, 5.74) is 3.30. The number of hydrogen-bond donors (Lipinski definition) is 0. The van der Waals surface area contributed by atoms with Gasteiger partial charge in [0.1, 0.15) is 0 Å². The van der Waals surface area contributed by atoms with E-state index in [2.05, 4.69) is 40.2 Å². The Balaban J connectivity index is 1.95. The molecule has 0 amide bonds. The lowest BCUT2D eigenvalue weighted by Crippen LogP contribution is -2.10. The van der Waals surface area contributed by atoms with E-state index >= 15 is 0 Å². The molecular weight excluding hydrogens is 376 g/mol. The van der Waals surface area contributed by atoms with Crippen molar-refractivity contribution in [2.24, 2.45) is 0 Å². The van der Waals surface area contributed by atoms with Crippen LogP contribution in [0.5, 0.6) is 0 Å². The summed E-state index contributed by atoms with van der Waals surface area (Å²) in [4.78, 5) is 0. The smallest absolute Gasteiger partial charge is 0.0850 e. The van der Waals surface area contributed by atoms with Crippen LogP contribution in [0.2, 0.25) is 0 Å². The number of hydrogen-bond acceptors (Lipinski definition) is 2. The van der Waals surface area contributed by atoms with E-state index in [1.165, 1.54) is 0 Å². The van der Waals surface area contributed by atoms with Crippen LogP contribution < -0.4 is 0 Å². The van der Waals surface area contributed by atoms with E-state index in [-0.39, 0.29) is 5.25 Å². The lowest BCUT2D eigenvalue weighted by atomic mass is 10.0. The van der Waals surface area contributed by atoms with E-state index in [9.17, 15) is 4.21 Å². The summed E-state index contributed by atoms with van der Waals surface area (Å²) in [6.07, 6.45) is 0. The largest absolute Gasteiger partial charge is 0.258 e. The van der Waals surface area contributed by atoms with E-state index in [0.717, 1.165) is 20.5 Å². The van der Waals surface area contributed by atoms with Crippen LogP contribution in [0.3, 0.4) is 0 Å². The Morgan fingerprint density at radius 2 is 1.45 bits per heavy atom. The fourth-order valence-corrected chi connectivity index (χ4v) is 5.56. The molecule has 112 valence electrons. The normalized spacial score (nSPS) is 12.5. The molecule has 3 aromatic rings. The third-order valence-electron chi connectivity index (χ3n) is 3.46. The van der Waals surface area contributed by atoms with Crippen LogP contribution in [-0.4, -0.2) is 4.21 Å². The highest BCUT2D eigenvalue weighted by atomic mass is 79.9. The molecule has 22 heavy (non-hydrogen) atoms. The first-order valence-electron chi connectivity index (χ1n) is 6.94. The van der Waals surface area contributed by atoms with Crippen molar-refractivity contribution in [3.63, 3.8) is 0 Å². The summed E-state index contributed by atoms with van der Waals surface area (Å²) in [6, 6.07) is 22.2. The standard InChI is InChI=1S/C18H15BrOS2/c19-18-16(11-12-21-18)13-22(20)17(14-7-3-1-4-8-14)15-9-5-2-6-10-15/h1-12,17H,13H2. The second-order valence-electron chi connectivity index (χ2n) is 4.95. The highest BCUT2D eigenvalue weighted by Crippen LogP contribution is 2.32. The fourth-order valence-electron chi connectivity index (χ4n) is 2.41. The van der Waals surface area contributed by atoms with Gasteiger partial charge < -0.3 is 0 Å². The highest BCUT2D eigenvalue weighted by Gasteiger charge is 2.22. The molecule has 1 heterocycles. The van der Waals surface area contributed by atoms with Gasteiger partial charge >= 0.3 is 0 Å². The van der Waals surface area contributed by atoms with Gasteiger partial charge in [-0.15, -0.1) is 11.3 Å². The van der Waals surface area contributed by atoms with Gasteiger partial charge in [-0.25, -0.2) is 0 Å². The molecule has 0 spiro atoms. The van der Waals surface area contributed by atoms with Crippen LogP contribution in [0.4, 0.5) is 0 Å². The Bertz CT molecular complexity index is 714. The van der Waals surface area contributed by atoms with Crippen molar-refractivity contribution < 1.29 is 4.21 Å². The number of rotatable bonds is 5. The van der Waals surface area contributed by atoms with Crippen molar-refractivity contribution in [3.8, 4) is 0 Å². The Hall–Kier alpha value is -1.23. The van der Waals surface area contributed by atoms with Gasteiger partial charge in [-0.3, -0.25) is 4.21 Å². The molecule has 1 nitrogen and oxygen atoms in total. The first-order chi connectivity index (χ1) is 10.8. The van der Waals surface area contributed by atoms with Gasteiger partial charge in [0.15, 0.2) is 0 Å². The van der Waals surface area contributed by atoms with Crippen LogP contribution in [0.25, 0.3) is 0 Å². The topological polar surface area (TPSA) is 17.1 Å². The van der Waals surface area contributed by atoms with Crippen molar-refractivity contribution in [1.29, 1.82) is 0 Å². The Morgan fingerprint density at radius 1 is 0.909 bits per heavy atom. The summed E-state index contributed by atoms with van der Waals surface area (Å²) in [5, 5.41) is 1.92. The third kappa shape index (κ3) is 3.57. The zero-order valence-corrected chi connectivity index (χ0v) is 15.0. The molecule has 2 aromatic carbocycles. The number of benzene rings is 2. The SMILES string of the molecule is O=S(Cc1ccsc1Br)C(c1ccccc1)c1ccccc1. The quantitative estimate of drug-likeness (QED) is 0.557. The monoisotopic (exact) mass is 390 g/mol. The van der Waals surface area contributed by atoms with Gasteiger partial charge in [0.2, 0.25) is 0 Å². The van der Waals surface area contributed by atoms with E-state index in [0.29, 0.717) is 5.75 Å². The molecule has 4 heteroatoms. The molecule has 0 saturated carbocycles. The number of halogens is 1. The second-order valence-corrected chi connectivity index (χ2v) is 8.70. The lowest BCUT2D eigenvalue weighted by molar-refractivity contribution is 0.677. The molecule has 0 N–H and O–H groups in total. The molecular formula is C18H15BrOS2. The molecule has 0 saturated heterocycles. The van der Waals surface area contributed by atoms with Crippen LogP contribution in [0.15, 0.2) is 75.9 Å². The Labute approximate surface area is 145 Å². The van der Waals surface area contributed by atoms with Crippen LogP contribution >= 0.6 is 27.3 Å². The maximum atomic E-state index is 13.1. The van der Waals surface area contributed by atoms with Gasteiger partial charge in [0.25, 0.3) is 0 Å². The van der Waals surface area contributed by atoms with Gasteiger partial charge in [0.05, 0.1) is 14.8 Å². The fraction of sp³-hybridized carbons (Fsp3) is 0.111. The summed E-state index contributed by atoms with van der Waals surface area (Å²) in [7, 11) is -1.02. The van der Waals surface area contributed by atoms with Crippen LogP contribution in [0, 0.1) is 0 Å². The molecule has 0 aliphatic carbocycles. The maximum Gasteiger partial charge on any atom is 0.0850 e. The first-order valence-corrected chi connectivity index (χ1v) is 10.00. The molecule has 0 aliphatic heterocycles. The Morgan fingerprint density at radius 3 is 1.91 bits per heavy atom. The van der Waals surface area contributed by atoms with E-state index in [4.69, 9.17) is 0 Å². The van der Waals surface area contributed by atoms with Crippen molar-refractivity contribution in [1.82, 2.24) is 0 Å². The van der Waals surface area contributed by atoms with E-state index in [1.54, 1.807) is 11.3 Å². The summed E-state index contributed by atoms with van der Waals surface area (Å²) in [5.74, 6) is 0.554. The van der Waals surface area contributed by atoms with E-state index < -0.39 is 10.8 Å². The Kier molecular flexibility index (Phi) is 5.24. The molecule has 3 rings (SSSR count). The second kappa shape index (κ2) is 7.36. The molecule has 1 atom stereocenters. The zero-order valence-electron chi connectivity index (χ0n) is 11.8. The van der Waals surface area contributed by atoms with Gasteiger partial charge in [0, 0.05) is 10.8 Å². The molecule has 1 unspecified atom stereocenters. The average Bonchev–Trinajstić information content (AvgIpc) is 2.95. The van der Waals surface area contributed by atoms with Crippen molar-refractivity contribution in [2.45, 2.75) is 11.0 Å². The predicted octanol–water partition coefficient (Wildman–Crippen LogP) is 5.55. The minimum absolute atomic E-state index is 0.103. The third-order valence-corrected chi connectivity index (χ3v) is 6.94. The minimum atomic E-state index is -1.02. The maximum absolute atomic E-state index is 13.1. The molecule has 1 aromatic heterocycles. The number of thiophene rings is 1. The van der Waals surface area contributed by atoms with E-state index in [1.807, 2.05) is 47.8 Å². The summed E-state index contributed by atoms with van der Waals surface area (Å²) in [6.45, 7) is 0. The summed E-state index contributed by atoms with van der Waals surface area (Å²) >= 11 is 5.17. The summed E-state index contributed by atoms with van der Waals surface area (Å²) < 4.78 is 14.1. The van der Waals surface area contributed by atoms with Crippen LogP contribution in [0.1, 0.15) is 21.9 Å². The van der Waals surface area contributed by atoms with Gasteiger partial charge in [-0.2, -0.15) is 0 Å². The van der Waals surface area contributed by atoms with Gasteiger partial charge in [-0.1, -0.05) is 60.7 Å². The highest BCUT2D eigenvalue weighted by molar-refractivity contribution is 9.11. The minimum Gasteiger partial charge on any atom is -0.258 e. The van der Waals surface area contributed by atoms with Crippen LogP contribution in [-0.2, 0) is 16.6 Å². The predicted molar refractivity (Wildman–Crippen MR) is 98.6 cm³/mol. The zero-order chi connectivity index (χ0) is 15.4. The van der Waals surface area contributed by atoms with Crippen molar-refractivity contribution in [3.05, 3.63) is 92.6 Å². The lowest BCUT2D eigenvalue weighted by Gasteiger charge is -2.17. The molecule has 0 fully saturated rings. The van der Waals surface area contributed by atoms with Crippen molar-refractivity contribution >= 4 is 38.1 Å². The first kappa shape index (κ1) is 15.7. The molecule has 0 aliphatic rings. The van der Waals surface area contributed by atoms with Gasteiger partial charge in [-0.05, 0) is 44.1 Å². The average molecular weight is 391 g/mol. The molecule has 0 radical (unpaired) electrons.